The molecule has 5 heteroatoms. The van der Waals surface area contributed by atoms with Gasteiger partial charge in [0.1, 0.15) is 0 Å². The first-order chi connectivity index (χ1) is 9.00. The van der Waals surface area contributed by atoms with Crippen molar-refractivity contribution in [2.24, 2.45) is 0 Å². The van der Waals surface area contributed by atoms with Crippen molar-refractivity contribution in [3.63, 3.8) is 0 Å². The standard InChI is InChI=1S/C14H18BrNO3/c1-10(17)9-14(19)11-5-2-3-6-12(11)16(13(14)18)8-4-7-15/h2-3,5-6,10,17,19H,4,7-9H2,1H3/t10-,14-/m1/s1. The molecule has 1 heterocycles. The molecule has 1 aliphatic heterocycles. The van der Waals surface area contributed by atoms with Crippen LogP contribution in [0.25, 0.3) is 0 Å². The average molecular weight is 328 g/mol. The smallest absolute Gasteiger partial charge is 0.263 e. The molecule has 1 amide bonds. The van der Waals surface area contributed by atoms with Crippen LogP contribution < -0.4 is 4.90 Å². The number of aliphatic hydroxyl groups excluding tert-OH is 1. The van der Waals surface area contributed by atoms with Gasteiger partial charge in [-0.15, -0.1) is 0 Å². The van der Waals surface area contributed by atoms with E-state index in [4.69, 9.17) is 0 Å². The molecule has 1 aromatic rings. The van der Waals surface area contributed by atoms with Crippen LogP contribution in [-0.4, -0.2) is 34.1 Å². The second-order valence-electron chi connectivity index (χ2n) is 4.93. The normalized spacial score (nSPS) is 23.6. The van der Waals surface area contributed by atoms with Gasteiger partial charge in [-0.05, 0) is 19.4 Å². The predicted molar refractivity (Wildman–Crippen MR) is 77.4 cm³/mol. The summed E-state index contributed by atoms with van der Waals surface area (Å²) in [6.45, 7) is 2.14. The van der Waals surface area contributed by atoms with Crippen LogP contribution >= 0.6 is 15.9 Å². The van der Waals surface area contributed by atoms with Gasteiger partial charge in [-0.3, -0.25) is 4.79 Å². The largest absolute Gasteiger partial charge is 0.393 e. The molecule has 0 unspecified atom stereocenters. The maximum absolute atomic E-state index is 12.5. The highest BCUT2D eigenvalue weighted by Gasteiger charge is 2.49. The lowest BCUT2D eigenvalue weighted by atomic mass is 9.90. The van der Waals surface area contributed by atoms with Crippen molar-refractivity contribution in [2.75, 3.05) is 16.8 Å². The Morgan fingerprint density at radius 2 is 2.11 bits per heavy atom. The number of amides is 1. The number of alkyl halides is 1. The van der Waals surface area contributed by atoms with Gasteiger partial charge in [0.25, 0.3) is 5.91 Å². The maximum Gasteiger partial charge on any atom is 0.263 e. The van der Waals surface area contributed by atoms with Crippen molar-refractivity contribution in [3.05, 3.63) is 29.8 Å². The van der Waals surface area contributed by atoms with Crippen LogP contribution in [0.1, 0.15) is 25.3 Å². The van der Waals surface area contributed by atoms with E-state index in [9.17, 15) is 15.0 Å². The highest BCUT2D eigenvalue weighted by Crippen LogP contribution is 2.42. The number of hydrogen-bond acceptors (Lipinski definition) is 3. The third-order valence-electron chi connectivity index (χ3n) is 3.35. The van der Waals surface area contributed by atoms with E-state index >= 15 is 0 Å². The van der Waals surface area contributed by atoms with Crippen LogP contribution in [0.4, 0.5) is 5.69 Å². The SMILES string of the molecule is C[C@@H](O)C[C@]1(O)C(=O)N(CCCBr)c2ccccc21. The van der Waals surface area contributed by atoms with E-state index in [1.54, 1.807) is 24.0 Å². The van der Waals surface area contributed by atoms with Gasteiger partial charge in [0, 0.05) is 23.9 Å². The summed E-state index contributed by atoms with van der Waals surface area (Å²) in [6.07, 6.45) is 0.0940. The van der Waals surface area contributed by atoms with E-state index in [2.05, 4.69) is 15.9 Å². The highest BCUT2D eigenvalue weighted by atomic mass is 79.9. The first-order valence-electron chi connectivity index (χ1n) is 6.38. The fourth-order valence-corrected chi connectivity index (χ4v) is 2.82. The molecule has 4 nitrogen and oxygen atoms in total. The van der Waals surface area contributed by atoms with Gasteiger partial charge in [-0.2, -0.15) is 0 Å². The zero-order valence-corrected chi connectivity index (χ0v) is 12.4. The lowest BCUT2D eigenvalue weighted by Crippen LogP contribution is -2.42. The molecule has 1 aliphatic rings. The lowest BCUT2D eigenvalue weighted by Gasteiger charge is -2.24. The van der Waals surface area contributed by atoms with E-state index in [0.29, 0.717) is 12.1 Å². The number of halogens is 1. The molecule has 1 aromatic carbocycles. The second kappa shape index (κ2) is 5.61. The number of hydrogen-bond donors (Lipinski definition) is 2. The number of nitrogens with zero attached hydrogens (tertiary/aromatic N) is 1. The van der Waals surface area contributed by atoms with E-state index < -0.39 is 11.7 Å². The Hall–Kier alpha value is -0.910. The van der Waals surface area contributed by atoms with E-state index in [0.717, 1.165) is 17.4 Å². The number of anilines is 1. The lowest BCUT2D eigenvalue weighted by molar-refractivity contribution is -0.139. The summed E-state index contributed by atoms with van der Waals surface area (Å²) in [4.78, 5) is 14.1. The fraction of sp³-hybridized carbons (Fsp3) is 0.500. The minimum absolute atomic E-state index is 0.0215. The zero-order chi connectivity index (χ0) is 14.0. The molecule has 19 heavy (non-hydrogen) atoms. The fourth-order valence-electron chi connectivity index (χ4n) is 2.57. The molecule has 0 aromatic heterocycles. The molecule has 0 saturated heterocycles. The van der Waals surface area contributed by atoms with Crippen molar-refractivity contribution < 1.29 is 15.0 Å². The Balaban J connectivity index is 2.40. The maximum atomic E-state index is 12.5. The average Bonchev–Trinajstić information content (AvgIpc) is 2.57. The summed E-state index contributed by atoms with van der Waals surface area (Å²) in [6, 6.07) is 7.24. The number of rotatable bonds is 5. The van der Waals surface area contributed by atoms with Crippen molar-refractivity contribution in [2.45, 2.75) is 31.5 Å². The van der Waals surface area contributed by atoms with Gasteiger partial charge in [-0.25, -0.2) is 0 Å². The zero-order valence-electron chi connectivity index (χ0n) is 10.8. The highest BCUT2D eigenvalue weighted by molar-refractivity contribution is 9.09. The van der Waals surface area contributed by atoms with Gasteiger partial charge in [0.05, 0.1) is 11.8 Å². The topological polar surface area (TPSA) is 60.8 Å². The summed E-state index contributed by atoms with van der Waals surface area (Å²) in [5.41, 5.74) is -0.260. The summed E-state index contributed by atoms with van der Waals surface area (Å²) >= 11 is 3.34. The Bertz CT molecular complexity index is 478. The molecule has 0 bridgehead atoms. The van der Waals surface area contributed by atoms with E-state index in [-0.39, 0.29) is 12.3 Å². The monoisotopic (exact) mass is 327 g/mol. The van der Waals surface area contributed by atoms with Gasteiger partial charge in [0.2, 0.25) is 0 Å². The van der Waals surface area contributed by atoms with Gasteiger partial charge >= 0.3 is 0 Å². The van der Waals surface area contributed by atoms with E-state index in [1.807, 2.05) is 12.1 Å². The Labute approximate surface area is 121 Å². The van der Waals surface area contributed by atoms with Crippen LogP contribution in [0.2, 0.25) is 0 Å². The van der Waals surface area contributed by atoms with Gasteiger partial charge in [0.15, 0.2) is 5.60 Å². The molecule has 2 N–H and O–H groups in total. The molecule has 0 radical (unpaired) electrons. The Morgan fingerprint density at radius 3 is 2.74 bits per heavy atom. The van der Waals surface area contributed by atoms with Crippen LogP contribution in [0.15, 0.2) is 24.3 Å². The molecule has 0 aliphatic carbocycles. The number of para-hydroxylation sites is 1. The third kappa shape index (κ3) is 2.55. The second-order valence-corrected chi connectivity index (χ2v) is 5.72. The van der Waals surface area contributed by atoms with Crippen molar-refractivity contribution >= 4 is 27.5 Å². The van der Waals surface area contributed by atoms with Crippen molar-refractivity contribution in [3.8, 4) is 0 Å². The summed E-state index contributed by atoms with van der Waals surface area (Å²) < 4.78 is 0. The number of carbonyl (C=O) groups excluding carboxylic acids is 1. The van der Waals surface area contributed by atoms with Crippen LogP contribution in [0, 0.1) is 0 Å². The predicted octanol–water partition coefficient (Wildman–Crippen LogP) is 1.78. The van der Waals surface area contributed by atoms with Crippen molar-refractivity contribution in [1.29, 1.82) is 0 Å². The van der Waals surface area contributed by atoms with Gasteiger partial charge in [-0.1, -0.05) is 34.1 Å². The molecule has 2 rings (SSSR count). The minimum atomic E-state index is -1.60. The molecule has 0 spiro atoms. The van der Waals surface area contributed by atoms with Crippen LogP contribution in [0.3, 0.4) is 0 Å². The molecule has 0 saturated carbocycles. The number of carbonyl (C=O) groups is 1. The number of benzene rings is 1. The summed E-state index contributed by atoms with van der Waals surface area (Å²) in [5, 5.41) is 21.0. The van der Waals surface area contributed by atoms with Crippen LogP contribution in [-0.2, 0) is 10.4 Å². The minimum Gasteiger partial charge on any atom is -0.393 e. The van der Waals surface area contributed by atoms with Crippen LogP contribution in [0.5, 0.6) is 0 Å². The Kier molecular flexibility index (Phi) is 4.28. The molecule has 2 atom stereocenters. The molecular formula is C14H18BrNO3. The first kappa shape index (κ1) is 14.5. The van der Waals surface area contributed by atoms with Gasteiger partial charge < -0.3 is 15.1 Å². The number of aliphatic hydroxyl groups is 2. The summed E-state index contributed by atoms with van der Waals surface area (Å²) in [7, 11) is 0. The van der Waals surface area contributed by atoms with E-state index in [1.165, 1.54) is 0 Å². The quantitative estimate of drug-likeness (QED) is 0.810. The Morgan fingerprint density at radius 1 is 1.42 bits per heavy atom. The molecular weight excluding hydrogens is 310 g/mol. The summed E-state index contributed by atoms with van der Waals surface area (Å²) in [5.74, 6) is -0.337. The molecule has 0 fully saturated rings. The van der Waals surface area contributed by atoms with Crippen molar-refractivity contribution in [1.82, 2.24) is 0 Å². The molecule has 104 valence electrons. The third-order valence-corrected chi connectivity index (χ3v) is 3.91. The number of fused-ring (bicyclic) bond motifs is 1. The first-order valence-corrected chi connectivity index (χ1v) is 7.50.